The van der Waals surface area contributed by atoms with Crippen molar-refractivity contribution in [1.29, 1.82) is 0 Å². The van der Waals surface area contributed by atoms with Gasteiger partial charge in [-0.15, -0.1) is 21.5 Å². The van der Waals surface area contributed by atoms with E-state index in [2.05, 4.69) is 37.2 Å². The molecular formula is C20H19N11S. The molecule has 0 bridgehead atoms. The minimum atomic E-state index is -0.0602. The Hall–Kier alpha value is -3.93. The van der Waals surface area contributed by atoms with Crippen molar-refractivity contribution in [2.75, 3.05) is 4.90 Å². The Morgan fingerprint density at radius 1 is 1.12 bits per heavy atom. The van der Waals surface area contributed by atoms with Gasteiger partial charge in [-0.1, -0.05) is 6.92 Å². The van der Waals surface area contributed by atoms with Gasteiger partial charge in [-0.25, -0.2) is 15.0 Å². The van der Waals surface area contributed by atoms with E-state index in [1.54, 1.807) is 21.9 Å². The molecule has 0 spiro atoms. The maximum absolute atomic E-state index is 5.02. The first kappa shape index (κ1) is 18.8. The van der Waals surface area contributed by atoms with Gasteiger partial charge in [-0.2, -0.15) is 10.2 Å². The predicted octanol–water partition coefficient (Wildman–Crippen LogP) is 2.92. The largest absolute Gasteiger partial charge is 0.297 e. The van der Waals surface area contributed by atoms with Crippen molar-refractivity contribution in [1.82, 2.24) is 49.3 Å². The number of hydrogen-bond acceptors (Lipinski definition) is 9. The standard InChI is InChI=1S/C20H19N11S/c1-4-13-19-25-23-11-30(19)14-9-22-17(24-18(14)31(13)15-5-7-28(2)26-15)12-10-29(3)27-16(12)20-21-6-8-32-20/h5-11,13H,4H2,1-3H3/t13-/m1/s1. The average molecular weight is 446 g/mol. The van der Waals surface area contributed by atoms with Crippen LogP contribution in [0.1, 0.15) is 25.2 Å². The number of rotatable bonds is 4. The fourth-order valence-electron chi connectivity index (χ4n) is 4.08. The lowest BCUT2D eigenvalue weighted by atomic mass is 10.1. The zero-order valence-electron chi connectivity index (χ0n) is 17.7. The summed E-state index contributed by atoms with van der Waals surface area (Å²) in [6.45, 7) is 2.12. The lowest BCUT2D eigenvalue weighted by Crippen LogP contribution is -2.32. The zero-order chi connectivity index (χ0) is 21.8. The second-order valence-electron chi connectivity index (χ2n) is 7.51. The fourth-order valence-corrected chi connectivity index (χ4v) is 4.71. The summed E-state index contributed by atoms with van der Waals surface area (Å²) in [5, 5.41) is 20.6. The first-order valence-corrected chi connectivity index (χ1v) is 11.0. The number of aryl methyl sites for hydroxylation is 2. The first-order chi connectivity index (χ1) is 15.6. The molecule has 0 N–H and O–H groups in total. The maximum Gasteiger partial charge on any atom is 0.165 e. The van der Waals surface area contributed by atoms with Gasteiger partial charge in [0, 0.05) is 44.1 Å². The van der Waals surface area contributed by atoms with Crippen LogP contribution >= 0.6 is 11.3 Å². The smallest absolute Gasteiger partial charge is 0.165 e. The van der Waals surface area contributed by atoms with Gasteiger partial charge < -0.3 is 0 Å². The van der Waals surface area contributed by atoms with E-state index in [4.69, 9.17) is 9.97 Å². The van der Waals surface area contributed by atoms with Gasteiger partial charge in [-0.3, -0.25) is 18.8 Å². The van der Waals surface area contributed by atoms with E-state index >= 15 is 0 Å². The van der Waals surface area contributed by atoms with Gasteiger partial charge in [0.2, 0.25) is 0 Å². The lowest BCUT2D eigenvalue weighted by Gasteiger charge is -2.35. The molecule has 0 radical (unpaired) electrons. The van der Waals surface area contributed by atoms with Crippen molar-refractivity contribution in [2.45, 2.75) is 19.4 Å². The second kappa shape index (κ2) is 7.05. The van der Waals surface area contributed by atoms with E-state index in [9.17, 15) is 0 Å². The Kier molecular flexibility index (Phi) is 4.15. The Morgan fingerprint density at radius 3 is 2.78 bits per heavy atom. The molecule has 160 valence electrons. The Bertz CT molecular complexity index is 1410. The van der Waals surface area contributed by atoms with E-state index in [1.165, 1.54) is 11.3 Å². The third kappa shape index (κ3) is 2.76. The molecular weight excluding hydrogens is 426 g/mol. The highest BCUT2D eigenvalue weighted by Gasteiger charge is 2.36. The van der Waals surface area contributed by atoms with E-state index in [1.807, 2.05) is 48.7 Å². The van der Waals surface area contributed by atoms with Crippen molar-refractivity contribution >= 4 is 23.0 Å². The van der Waals surface area contributed by atoms with Gasteiger partial charge in [0.1, 0.15) is 22.7 Å². The third-order valence-corrected chi connectivity index (χ3v) is 6.24. The van der Waals surface area contributed by atoms with Gasteiger partial charge >= 0.3 is 0 Å². The van der Waals surface area contributed by atoms with Crippen LogP contribution in [0.2, 0.25) is 0 Å². The van der Waals surface area contributed by atoms with Crippen LogP contribution in [0.5, 0.6) is 0 Å². The van der Waals surface area contributed by atoms with Crippen LogP contribution in [0.15, 0.2) is 42.6 Å². The van der Waals surface area contributed by atoms with Crippen molar-refractivity contribution in [2.24, 2.45) is 14.1 Å². The lowest BCUT2D eigenvalue weighted by molar-refractivity contribution is 0.581. The Balaban J connectivity index is 1.57. The highest BCUT2D eigenvalue weighted by molar-refractivity contribution is 7.13. The summed E-state index contributed by atoms with van der Waals surface area (Å²) in [5.74, 6) is 2.97. The summed E-state index contributed by atoms with van der Waals surface area (Å²) < 4.78 is 5.50. The summed E-state index contributed by atoms with van der Waals surface area (Å²) >= 11 is 1.54. The monoisotopic (exact) mass is 445 g/mol. The Morgan fingerprint density at radius 2 is 2.03 bits per heavy atom. The van der Waals surface area contributed by atoms with Crippen LogP contribution in [0, 0.1) is 0 Å². The molecule has 32 heavy (non-hydrogen) atoms. The number of hydrogen-bond donors (Lipinski definition) is 0. The van der Waals surface area contributed by atoms with E-state index in [0.29, 0.717) is 5.82 Å². The van der Waals surface area contributed by atoms with Crippen LogP contribution in [-0.2, 0) is 14.1 Å². The first-order valence-electron chi connectivity index (χ1n) is 10.1. The van der Waals surface area contributed by atoms with Crippen LogP contribution in [0.3, 0.4) is 0 Å². The van der Waals surface area contributed by atoms with Crippen LogP contribution in [0.4, 0.5) is 11.6 Å². The van der Waals surface area contributed by atoms with Crippen molar-refractivity contribution in [3.05, 3.63) is 48.4 Å². The molecule has 11 nitrogen and oxygen atoms in total. The highest BCUT2D eigenvalue weighted by Crippen LogP contribution is 2.43. The van der Waals surface area contributed by atoms with Gasteiger partial charge in [0.15, 0.2) is 23.3 Å². The molecule has 5 aromatic heterocycles. The minimum absolute atomic E-state index is 0.0602. The molecule has 12 heteroatoms. The van der Waals surface area contributed by atoms with Gasteiger partial charge in [0.25, 0.3) is 0 Å². The van der Waals surface area contributed by atoms with E-state index in [-0.39, 0.29) is 6.04 Å². The zero-order valence-corrected chi connectivity index (χ0v) is 18.5. The molecule has 0 saturated heterocycles. The molecule has 1 aliphatic rings. The molecule has 5 aromatic rings. The number of anilines is 2. The summed E-state index contributed by atoms with van der Waals surface area (Å²) in [7, 11) is 3.79. The quantitative estimate of drug-likeness (QED) is 0.415. The van der Waals surface area contributed by atoms with E-state index < -0.39 is 0 Å². The van der Waals surface area contributed by atoms with Crippen molar-refractivity contribution < 1.29 is 0 Å². The van der Waals surface area contributed by atoms with Crippen molar-refractivity contribution in [3.63, 3.8) is 0 Å². The molecule has 1 aliphatic heterocycles. The van der Waals surface area contributed by atoms with Crippen LogP contribution in [-0.4, -0.2) is 49.3 Å². The van der Waals surface area contributed by atoms with Crippen LogP contribution in [0.25, 0.3) is 27.8 Å². The minimum Gasteiger partial charge on any atom is -0.297 e. The molecule has 0 aliphatic carbocycles. The third-order valence-electron chi connectivity index (χ3n) is 5.46. The van der Waals surface area contributed by atoms with Crippen LogP contribution < -0.4 is 4.90 Å². The highest BCUT2D eigenvalue weighted by atomic mass is 32.1. The Labute approximate surface area is 187 Å². The van der Waals surface area contributed by atoms with E-state index in [0.717, 1.165) is 45.8 Å². The maximum atomic E-state index is 5.02. The summed E-state index contributed by atoms with van der Waals surface area (Å²) in [6, 6.07) is 1.92. The summed E-state index contributed by atoms with van der Waals surface area (Å²) in [5.41, 5.74) is 2.40. The van der Waals surface area contributed by atoms with Crippen molar-refractivity contribution in [3.8, 4) is 27.8 Å². The second-order valence-corrected chi connectivity index (χ2v) is 8.40. The molecule has 0 fully saturated rings. The summed E-state index contributed by atoms with van der Waals surface area (Å²) in [4.78, 5) is 16.3. The normalized spacial score (nSPS) is 15.1. The number of fused-ring (bicyclic) bond motifs is 3. The molecule has 1 atom stereocenters. The molecule has 6 heterocycles. The molecule has 0 aromatic carbocycles. The number of nitrogens with zero attached hydrogens (tertiary/aromatic N) is 11. The number of thiazole rings is 1. The van der Waals surface area contributed by atoms with Gasteiger partial charge in [-0.05, 0) is 6.42 Å². The number of aromatic nitrogens is 10. The summed E-state index contributed by atoms with van der Waals surface area (Å²) in [6.07, 6.45) is 9.95. The van der Waals surface area contributed by atoms with Gasteiger partial charge in [0.05, 0.1) is 17.8 Å². The fraction of sp³-hybridized carbons (Fsp3) is 0.250. The average Bonchev–Trinajstić information content (AvgIpc) is 3.58. The molecule has 6 rings (SSSR count). The molecule has 0 saturated carbocycles. The topological polar surface area (TPSA) is 108 Å². The molecule has 0 amide bonds. The predicted molar refractivity (Wildman–Crippen MR) is 119 cm³/mol. The molecule has 0 unspecified atom stereocenters. The SMILES string of the molecule is CC[C@@H]1c2nncn2-c2cnc(-c3cn(C)nc3-c3nccs3)nc2N1c1ccn(C)n1.